The third-order valence-electron chi connectivity index (χ3n) is 4.94. The average molecular weight is 255 g/mol. The van der Waals surface area contributed by atoms with Gasteiger partial charge in [-0.1, -0.05) is 12.8 Å². The Bertz CT molecular complexity index is 280. The molecule has 1 N–H and O–H groups in total. The Labute approximate surface area is 109 Å². The lowest BCUT2D eigenvalue weighted by Crippen LogP contribution is -2.54. The van der Waals surface area contributed by atoms with Crippen molar-refractivity contribution in [1.29, 1.82) is 0 Å². The Morgan fingerprint density at radius 2 is 2.17 bits per heavy atom. The lowest BCUT2D eigenvalue weighted by atomic mass is 9.71. The molecule has 3 aliphatic rings. The van der Waals surface area contributed by atoms with Crippen molar-refractivity contribution in [3.8, 4) is 0 Å². The first kappa shape index (κ1) is 12.9. The number of likely N-dealkylation sites (tertiary alicyclic amines) is 1. The fraction of sp³-hybridized carbons (Fsp3) is 1.00. The fourth-order valence-corrected chi connectivity index (χ4v) is 3.74. The Balaban J connectivity index is 1.53. The van der Waals surface area contributed by atoms with Crippen molar-refractivity contribution in [2.24, 2.45) is 5.92 Å². The molecule has 0 spiro atoms. The van der Waals surface area contributed by atoms with Crippen molar-refractivity contribution in [3.63, 3.8) is 0 Å². The van der Waals surface area contributed by atoms with E-state index in [1.165, 1.54) is 19.3 Å². The smallest absolute Gasteiger partial charge is 0.147 e. The molecule has 1 saturated carbocycles. The van der Waals surface area contributed by atoms with Crippen LogP contribution in [0.5, 0.6) is 0 Å². The molecule has 1 aliphatic carbocycles. The van der Waals surface area contributed by atoms with Gasteiger partial charge in [-0.25, -0.2) is 0 Å². The summed E-state index contributed by atoms with van der Waals surface area (Å²) in [6, 6.07) is 0. The van der Waals surface area contributed by atoms with Gasteiger partial charge in [0, 0.05) is 25.6 Å². The summed E-state index contributed by atoms with van der Waals surface area (Å²) in [5.41, 5.74) is -0.356. The molecule has 2 heterocycles. The molecule has 4 heteroatoms. The highest BCUT2D eigenvalue weighted by atomic mass is 16.7. The molecule has 4 nitrogen and oxygen atoms in total. The van der Waals surface area contributed by atoms with Gasteiger partial charge in [-0.2, -0.15) is 0 Å². The maximum atomic E-state index is 10.6. The van der Waals surface area contributed by atoms with Gasteiger partial charge in [-0.05, 0) is 25.7 Å². The maximum Gasteiger partial charge on any atom is 0.147 e. The highest BCUT2D eigenvalue weighted by molar-refractivity contribution is 4.95. The van der Waals surface area contributed by atoms with E-state index in [9.17, 15) is 5.11 Å². The normalized spacial score (nSPS) is 42.5. The summed E-state index contributed by atoms with van der Waals surface area (Å²) in [4.78, 5) is 2.49. The predicted octanol–water partition coefficient (Wildman–Crippen LogP) is 1.38. The summed E-state index contributed by atoms with van der Waals surface area (Å²) in [6.07, 6.45) is 6.98. The van der Waals surface area contributed by atoms with E-state index in [1.54, 1.807) is 0 Å². The van der Waals surface area contributed by atoms with Gasteiger partial charge in [0.25, 0.3) is 0 Å². The topological polar surface area (TPSA) is 41.9 Å². The Hall–Kier alpha value is -0.160. The van der Waals surface area contributed by atoms with Crippen LogP contribution >= 0.6 is 0 Å². The molecule has 2 saturated heterocycles. The minimum Gasteiger partial charge on any atom is -0.390 e. The molecule has 0 aromatic heterocycles. The van der Waals surface area contributed by atoms with Crippen LogP contribution in [-0.2, 0) is 9.47 Å². The molecule has 2 aliphatic heterocycles. The molecule has 0 radical (unpaired) electrons. The maximum absolute atomic E-state index is 10.6. The van der Waals surface area contributed by atoms with Crippen LogP contribution in [0.25, 0.3) is 0 Å². The first-order chi connectivity index (χ1) is 8.76. The van der Waals surface area contributed by atoms with Gasteiger partial charge in [-0.3, -0.25) is 0 Å². The van der Waals surface area contributed by atoms with Crippen LogP contribution in [0.2, 0.25) is 0 Å². The summed E-state index contributed by atoms with van der Waals surface area (Å²) in [6.45, 7) is 4.36. The first-order valence-electron chi connectivity index (χ1n) is 7.40. The summed E-state index contributed by atoms with van der Waals surface area (Å²) in [5, 5.41) is 10.6. The van der Waals surface area contributed by atoms with Crippen LogP contribution in [0.1, 0.15) is 38.5 Å². The number of hydrogen-bond donors (Lipinski definition) is 1. The first-order valence-corrected chi connectivity index (χ1v) is 7.40. The second kappa shape index (κ2) is 5.45. The Morgan fingerprint density at radius 1 is 1.22 bits per heavy atom. The van der Waals surface area contributed by atoms with Gasteiger partial charge in [0.1, 0.15) is 6.79 Å². The van der Waals surface area contributed by atoms with Crippen LogP contribution in [-0.4, -0.2) is 54.7 Å². The van der Waals surface area contributed by atoms with E-state index in [4.69, 9.17) is 9.47 Å². The minimum atomic E-state index is -0.356. The standard InChI is InChI=1S/C14H25NO3/c16-14-5-2-1-3-12(14)9-15(7-6-14)10-13-4-8-17-11-18-13/h12-13,16H,1-11H2. The molecule has 3 atom stereocenters. The van der Waals surface area contributed by atoms with Gasteiger partial charge in [0.2, 0.25) is 0 Å². The number of piperidine rings is 1. The third kappa shape index (κ3) is 2.72. The number of nitrogens with zero attached hydrogens (tertiary/aromatic N) is 1. The Morgan fingerprint density at radius 3 is 3.00 bits per heavy atom. The molecule has 3 unspecified atom stereocenters. The monoisotopic (exact) mass is 255 g/mol. The van der Waals surface area contributed by atoms with Crippen LogP contribution in [0, 0.1) is 5.92 Å². The molecule has 18 heavy (non-hydrogen) atoms. The summed E-state index contributed by atoms with van der Waals surface area (Å²) >= 11 is 0. The number of aliphatic hydroxyl groups is 1. The number of rotatable bonds is 2. The van der Waals surface area contributed by atoms with Crippen molar-refractivity contribution in [3.05, 3.63) is 0 Å². The van der Waals surface area contributed by atoms with E-state index in [0.29, 0.717) is 18.8 Å². The molecule has 3 fully saturated rings. The zero-order chi connectivity index (χ0) is 12.4. The van der Waals surface area contributed by atoms with E-state index in [0.717, 1.165) is 45.5 Å². The van der Waals surface area contributed by atoms with E-state index in [2.05, 4.69) is 4.90 Å². The Kier molecular flexibility index (Phi) is 3.89. The summed E-state index contributed by atoms with van der Waals surface area (Å²) in [5.74, 6) is 0.486. The largest absolute Gasteiger partial charge is 0.390 e. The summed E-state index contributed by atoms with van der Waals surface area (Å²) < 4.78 is 10.8. The second-order valence-corrected chi connectivity index (χ2v) is 6.16. The zero-order valence-corrected chi connectivity index (χ0v) is 11.1. The number of hydrogen-bond acceptors (Lipinski definition) is 4. The van der Waals surface area contributed by atoms with Crippen molar-refractivity contribution < 1.29 is 14.6 Å². The molecular formula is C14H25NO3. The van der Waals surface area contributed by atoms with Gasteiger partial charge in [0.15, 0.2) is 0 Å². The molecule has 3 rings (SSSR count). The molecule has 0 bridgehead atoms. The number of ether oxygens (including phenoxy) is 2. The highest BCUT2D eigenvalue weighted by Crippen LogP contribution is 2.39. The lowest BCUT2D eigenvalue weighted by Gasteiger charge is -2.48. The fourth-order valence-electron chi connectivity index (χ4n) is 3.74. The van der Waals surface area contributed by atoms with Gasteiger partial charge in [-0.15, -0.1) is 0 Å². The van der Waals surface area contributed by atoms with Gasteiger partial charge < -0.3 is 19.5 Å². The van der Waals surface area contributed by atoms with Crippen LogP contribution < -0.4 is 0 Å². The number of fused-ring (bicyclic) bond motifs is 1. The van der Waals surface area contributed by atoms with Crippen LogP contribution in [0.15, 0.2) is 0 Å². The molecule has 0 aromatic rings. The molecule has 0 aromatic carbocycles. The third-order valence-corrected chi connectivity index (χ3v) is 4.94. The average Bonchev–Trinajstić information content (AvgIpc) is 2.40. The quantitative estimate of drug-likeness (QED) is 0.809. The van der Waals surface area contributed by atoms with Crippen molar-refractivity contribution in [2.75, 3.05) is 33.0 Å². The van der Waals surface area contributed by atoms with Crippen LogP contribution in [0.3, 0.4) is 0 Å². The van der Waals surface area contributed by atoms with Gasteiger partial charge in [0.05, 0.1) is 18.3 Å². The molecule has 0 amide bonds. The minimum absolute atomic E-state index is 0.327. The van der Waals surface area contributed by atoms with Crippen molar-refractivity contribution in [1.82, 2.24) is 4.90 Å². The van der Waals surface area contributed by atoms with E-state index in [1.807, 2.05) is 0 Å². The molecule has 104 valence electrons. The van der Waals surface area contributed by atoms with Crippen molar-refractivity contribution in [2.45, 2.75) is 50.2 Å². The van der Waals surface area contributed by atoms with E-state index in [-0.39, 0.29) is 5.60 Å². The SMILES string of the molecule is OC12CCCCC1CN(CC1CCOCO1)CC2. The lowest BCUT2D eigenvalue weighted by molar-refractivity contribution is -0.154. The van der Waals surface area contributed by atoms with E-state index >= 15 is 0 Å². The highest BCUT2D eigenvalue weighted by Gasteiger charge is 2.42. The van der Waals surface area contributed by atoms with E-state index < -0.39 is 0 Å². The predicted molar refractivity (Wildman–Crippen MR) is 68.3 cm³/mol. The van der Waals surface area contributed by atoms with Crippen molar-refractivity contribution >= 4 is 0 Å². The second-order valence-electron chi connectivity index (χ2n) is 6.16. The molecular weight excluding hydrogens is 230 g/mol. The zero-order valence-electron chi connectivity index (χ0n) is 11.1. The van der Waals surface area contributed by atoms with Crippen LogP contribution in [0.4, 0.5) is 0 Å². The summed E-state index contributed by atoms with van der Waals surface area (Å²) in [7, 11) is 0. The van der Waals surface area contributed by atoms with Gasteiger partial charge >= 0.3 is 0 Å².